The van der Waals surface area contributed by atoms with Gasteiger partial charge < -0.3 is 4.84 Å². The van der Waals surface area contributed by atoms with Crippen LogP contribution >= 0.6 is 11.6 Å². The molecule has 8 heteroatoms. The monoisotopic (exact) mass is 457 g/mol. The van der Waals surface area contributed by atoms with E-state index in [0.717, 1.165) is 5.56 Å². The normalized spacial score (nSPS) is 12.5. The first-order valence-corrected chi connectivity index (χ1v) is 11.4. The fraction of sp³-hybridized carbons (Fsp3) is 0.217. The molecule has 2 aromatic carbocycles. The van der Waals surface area contributed by atoms with Gasteiger partial charge in [0.05, 0.1) is 10.6 Å². The molecule has 0 aliphatic heterocycles. The summed E-state index contributed by atoms with van der Waals surface area (Å²) in [4.78, 5) is 9.19. The maximum atomic E-state index is 13.1. The summed E-state index contributed by atoms with van der Waals surface area (Å²) in [6.07, 6.45) is 3.23. The molecule has 0 radical (unpaired) electrons. The molecule has 162 valence electrons. The molecular weight excluding hydrogens is 434 g/mol. The third kappa shape index (κ3) is 5.42. The van der Waals surface area contributed by atoms with Crippen LogP contribution in [0.15, 0.2) is 77.0 Å². The van der Waals surface area contributed by atoms with E-state index < -0.39 is 10.0 Å². The lowest BCUT2D eigenvalue weighted by Gasteiger charge is -2.19. The average Bonchev–Trinajstić information content (AvgIpc) is 2.73. The number of nitrogens with zero attached hydrogens (tertiary/aromatic N) is 2. The smallest absolute Gasteiger partial charge is 0.261 e. The van der Waals surface area contributed by atoms with E-state index in [-0.39, 0.29) is 10.3 Å². The van der Waals surface area contributed by atoms with Crippen LogP contribution in [0.1, 0.15) is 37.5 Å². The summed E-state index contributed by atoms with van der Waals surface area (Å²) in [5.74, 6) is 0. The van der Waals surface area contributed by atoms with Gasteiger partial charge in [0.2, 0.25) is 0 Å². The Labute approximate surface area is 188 Å². The summed E-state index contributed by atoms with van der Waals surface area (Å²) in [7, 11) is -2.42. The van der Waals surface area contributed by atoms with E-state index in [1.165, 1.54) is 7.11 Å². The maximum Gasteiger partial charge on any atom is 0.261 e. The second-order valence-corrected chi connectivity index (χ2v) is 10.0. The fourth-order valence-electron chi connectivity index (χ4n) is 3.00. The van der Waals surface area contributed by atoms with E-state index in [4.69, 9.17) is 16.4 Å². The van der Waals surface area contributed by atoms with Gasteiger partial charge in [0.25, 0.3) is 10.0 Å². The van der Waals surface area contributed by atoms with Crippen LogP contribution in [0, 0.1) is 0 Å². The van der Waals surface area contributed by atoms with Crippen molar-refractivity contribution in [2.75, 3.05) is 11.8 Å². The lowest BCUT2D eigenvalue weighted by atomic mass is 9.87. The molecule has 0 fully saturated rings. The lowest BCUT2D eigenvalue weighted by molar-refractivity contribution is 0.214. The maximum absolute atomic E-state index is 13.1. The predicted molar refractivity (Wildman–Crippen MR) is 124 cm³/mol. The van der Waals surface area contributed by atoms with Gasteiger partial charge in [-0.25, -0.2) is 8.42 Å². The number of halogens is 1. The van der Waals surface area contributed by atoms with Crippen LogP contribution in [0.3, 0.4) is 0 Å². The van der Waals surface area contributed by atoms with Crippen molar-refractivity contribution < 1.29 is 13.3 Å². The highest BCUT2D eigenvalue weighted by molar-refractivity contribution is 7.92. The molecule has 3 aromatic rings. The van der Waals surface area contributed by atoms with Gasteiger partial charge >= 0.3 is 0 Å². The van der Waals surface area contributed by atoms with Gasteiger partial charge in [-0.15, -0.1) is 0 Å². The Morgan fingerprint density at radius 1 is 1.03 bits per heavy atom. The first-order valence-electron chi connectivity index (χ1n) is 9.56. The highest BCUT2D eigenvalue weighted by Crippen LogP contribution is 2.28. The highest BCUT2D eigenvalue weighted by Gasteiger charge is 2.21. The van der Waals surface area contributed by atoms with Crippen LogP contribution in [-0.4, -0.2) is 26.2 Å². The molecule has 1 heterocycles. The van der Waals surface area contributed by atoms with E-state index in [1.807, 2.05) is 12.1 Å². The van der Waals surface area contributed by atoms with Gasteiger partial charge in [0.15, 0.2) is 0 Å². The van der Waals surface area contributed by atoms with Crippen molar-refractivity contribution in [2.24, 2.45) is 5.16 Å². The minimum Gasteiger partial charge on any atom is -0.399 e. The molecular formula is C23H24ClN3O3S. The van der Waals surface area contributed by atoms with Crippen molar-refractivity contribution in [3.8, 4) is 0 Å². The first-order chi connectivity index (χ1) is 14.6. The van der Waals surface area contributed by atoms with E-state index in [1.54, 1.807) is 54.9 Å². The molecule has 0 saturated heterocycles. The van der Waals surface area contributed by atoms with Crippen LogP contribution in [-0.2, 0) is 20.3 Å². The number of hydrogen-bond donors (Lipinski definition) is 1. The molecule has 0 spiro atoms. The van der Waals surface area contributed by atoms with Crippen LogP contribution in [0.5, 0.6) is 0 Å². The van der Waals surface area contributed by atoms with Crippen LogP contribution in [0.25, 0.3) is 0 Å². The summed E-state index contributed by atoms with van der Waals surface area (Å²) >= 11 is 6.21. The van der Waals surface area contributed by atoms with Crippen molar-refractivity contribution >= 4 is 33.0 Å². The molecule has 6 nitrogen and oxygen atoms in total. The molecule has 1 N–H and O–H groups in total. The van der Waals surface area contributed by atoms with Crippen molar-refractivity contribution in [3.63, 3.8) is 0 Å². The third-order valence-electron chi connectivity index (χ3n) is 4.65. The molecule has 0 amide bonds. The Hall–Kier alpha value is -2.90. The second kappa shape index (κ2) is 9.08. The number of sulfonamides is 1. The summed E-state index contributed by atoms with van der Waals surface area (Å²) in [5, 5.41) is 4.54. The van der Waals surface area contributed by atoms with Crippen molar-refractivity contribution in [1.82, 2.24) is 4.98 Å². The highest BCUT2D eigenvalue weighted by atomic mass is 35.5. The molecule has 3 rings (SSSR count). The van der Waals surface area contributed by atoms with Crippen molar-refractivity contribution in [2.45, 2.75) is 31.1 Å². The average molecular weight is 458 g/mol. The molecule has 0 aliphatic rings. The molecule has 0 aliphatic carbocycles. The molecule has 0 saturated carbocycles. The van der Waals surface area contributed by atoms with E-state index in [0.29, 0.717) is 27.5 Å². The second-order valence-electron chi connectivity index (χ2n) is 7.93. The fourth-order valence-corrected chi connectivity index (χ4v) is 4.25. The number of hydrogen-bond acceptors (Lipinski definition) is 5. The first kappa shape index (κ1) is 22.8. The predicted octanol–water partition coefficient (Wildman–Crippen LogP) is 5.23. The molecule has 1 aromatic heterocycles. The Morgan fingerprint density at radius 2 is 1.68 bits per heavy atom. The number of pyridine rings is 1. The van der Waals surface area contributed by atoms with Gasteiger partial charge in [0.1, 0.15) is 12.8 Å². The molecule has 0 unspecified atom stereocenters. The van der Waals surface area contributed by atoms with E-state index in [9.17, 15) is 8.42 Å². The summed E-state index contributed by atoms with van der Waals surface area (Å²) in [5.41, 5.74) is 2.91. The number of benzene rings is 2. The number of nitrogens with one attached hydrogen (secondary N) is 1. The molecule has 0 atom stereocenters. The van der Waals surface area contributed by atoms with Gasteiger partial charge in [-0.05, 0) is 53.4 Å². The minimum atomic E-state index is -3.84. The zero-order valence-electron chi connectivity index (χ0n) is 17.8. The zero-order chi connectivity index (χ0) is 22.6. The van der Waals surface area contributed by atoms with Crippen LogP contribution in [0.2, 0.25) is 5.02 Å². The van der Waals surface area contributed by atoms with Gasteiger partial charge in [0, 0.05) is 28.5 Å². The van der Waals surface area contributed by atoms with Gasteiger partial charge in [-0.2, -0.15) is 0 Å². The third-order valence-corrected chi connectivity index (χ3v) is 6.26. The zero-order valence-corrected chi connectivity index (χ0v) is 19.3. The summed E-state index contributed by atoms with van der Waals surface area (Å²) < 4.78 is 28.8. The Morgan fingerprint density at radius 3 is 2.26 bits per heavy atom. The number of aromatic nitrogens is 1. The topological polar surface area (TPSA) is 80.7 Å². The molecule has 31 heavy (non-hydrogen) atoms. The lowest BCUT2D eigenvalue weighted by Crippen LogP contribution is -2.17. The van der Waals surface area contributed by atoms with Gasteiger partial charge in [-0.1, -0.05) is 49.7 Å². The summed E-state index contributed by atoms with van der Waals surface area (Å²) in [6.45, 7) is 6.22. The van der Waals surface area contributed by atoms with E-state index >= 15 is 0 Å². The Bertz CT molecular complexity index is 1190. The van der Waals surface area contributed by atoms with Crippen LogP contribution in [0.4, 0.5) is 5.69 Å². The van der Waals surface area contributed by atoms with Crippen molar-refractivity contribution in [1.29, 1.82) is 0 Å². The Kier molecular flexibility index (Phi) is 6.67. The summed E-state index contributed by atoms with van der Waals surface area (Å²) in [6, 6.07) is 15.2. The molecule has 0 bridgehead atoms. The number of anilines is 1. The standard InChI is InChI=1S/C23H24ClN3O3S/c1-23(2,3)17-5-8-19(9-6-17)31(28,29)27-21-10-7-18(24)15-20(21)22(26-30-4)16-11-13-25-14-12-16/h5-15,27H,1-4H3/b26-22-. The minimum absolute atomic E-state index is 0.0743. The van der Waals surface area contributed by atoms with Gasteiger partial charge in [-0.3, -0.25) is 9.71 Å². The van der Waals surface area contributed by atoms with Crippen molar-refractivity contribution in [3.05, 3.63) is 88.7 Å². The SMILES string of the molecule is CO/N=C(/c1ccncc1)c1cc(Cl)ccc1NS(=O)(=O)c1ccc(C(C)(C)C)cc1. The largest absolute Gasteiger partial charge is 0.399 e. The van der Waals surface area contributed by atoms with Crippen LogP contribution < -0.4 is 4.72 Å². The Balaban J connectivity index is 2.03. The quantitative estimate of drug-likeness (QED) is 0.406. The number of rotatable bonds is 6. The van der Waals surface area contributed by atoms with E-state index in [2.05, 4.69) is 35.6 Å². The number of oxime groups is 1.